The number of nitrogens with zero attached hydrogens (tertiary/aromatic N) is 3. The van der Waals surface area contributed by atoms with Crippen LogP contribution in [-0.2, 0) is 11.2 Å². The molecule has 0 radical (unpaired) electrons. The minimum absolute atomic E-state index is 0.00130. The quantitative estimate of drug-likeness (QED) is 0.633. The van der Waals surface area contributed by atoms with E-state index in [1.807, 2.05) is 20.8 Å². The molecule has 0 spiro atoms. The first kappa shape index (κ1) is 14.8. The van der Waals surface area contributed by atoms with E-state index in [9.17, 15) is 14.9 Å². The summed E-state index contributed by atoms with van der Waals surface area (Å²) in [5.41, 5.74) is 0.117. The molecule has 7 nitrogen and oxygen atoms in total. The van der Waals surface area contributed by atoms with E-state index >= 15 is 0 Å². The Balaban J connectivity index is 2.16. The van der Waals surface area contributed by atoms with Crippen molar-refractivity contribution in [1.29, 1.82) is 0 Å². The summed E-state index contributed by atoms with van der Waals surface area (Å²) in [7, 11) is 0. The van der Waals surface area contributed by atoms with E-state index in [-0.39, 0.29) is 23.8 Å². The van der Waals surface area contributed by atoms with Gasteiger partial charge in [-0.2, -0.15) is 4.98 Å². The second-order valence-electron chi connectivity index (χ2n) is 5.67. The number of aromatic nitrogens is 2. The van der Waals surface area contributed by atoms with E-state index in [1.54, 1.807) is 12.1 Å². The molecule has 0 N–H and O–H groups in total. The summed E-state index contributed by atoms with van der Waals surface area (Å²) in [5, 5.41) is 14.4. The SMILES string of the molecule is CC(C)(C)C(=O)Cc1nc(-c2ccc([N+](=O)[O-])cc2)no1. The fraction of sp³-hybridized carbons (Fsp3) is 0.357. The summed E-state index contributed by atoms with van der Waals surface area (Å²) >= 11 is 0. The molecule has 110 valence electrons. The summed E-state index contributed by atoms with van der Waals surface area (Å²) in [6.07, 6.45) is 0.0729. The Kier molecular flexibility index (Phi) is 3.84. The predicted octanol–water partition coefficient (Wildman–Crippen LogP) is 2.80. The molecule has 0 aliphatic heterocycles. The Labute approximate surface area is 121 Å². The zero-order valence-corrected chi connectivity index (χ0v) is 12.0. The second-order valence-corrected chi connectivity index (χ2v) is 5.67. The Bertz CT molecular complexity index is 668. The molecule has 0 saturated heterocycles. The van der Waals surface area contributed by atoms with Crippen LogP contribution in [0.1, 0.15) is 26.7 Å². The van der Waals surface area contributed by atoms with Crippen LogP contribution >= 0.6 is 0 Å². The minimum atomic E-state index is -0.479. The highest BCUT2D eigenvalue weighted by Crippen LogP contribution is 2.21. The predicted molar refractivity (Wildman–Crippen MR) is 74.6 cm³/mol. The topological polar surface area (TPSA) is 99.1 Å². The van der Waals surface area contributed by atoms with Gasteiger partial charge in [-0.05, 0) is 12.1 Å². The molecule has 1 aromatic heterocycles. The maximum Gasteiger partial charge on any atom is 0.269 e. The van der Waals surface area contributed by atoms with E-state index in [1.165, 1.54) is 12.1 Å². The van der Waals surface area contributed by atoms with E-state index in [2.05, 4.69) is 10.1 Å². The van der Waals surface area contributed by atoms with Crippen molar-refractivity contribution >= 4 is 11.5 Å². The van der Waals surface area contributed by atoms with Gasteiger partial charge in [0.25, 0.3) is 5.69 Å². The van der Waals surface area contributed by atoms with Gasteiger partial charge < -0.3 is 4.52 Å². The third-order valence-electron chi connectivity index (χ3n) is 2.95. The molecule has 0 atom stereocenters. The smallest absolute Gasteiger partial charge is 0.269 e. The van der Waals surface area contributed by atoms with Gasteiger partial charge >= 0.3 is 0 Å². The molecule has 0 aliphatic rings. The number of carbonyl (C=O) groups excluding carboxylic acids is 1. The van der Waals surface area contributed by atoms with Crippen molar-refractivity contribution in [2.45, 2.75) is 27.2 Å². The molecule has 0 amide bonds. The number of non-ortho nitro benzene ring substituents is 1. The molecular formula is C14H15N3O4. The fourth-order valence-corrected chi connectivity index (χ4v) is 1.58. The number of hydrogen-bond donors (Lipinski definition) is 0. The Morgan fingerprint density at radius 3 is 2.43 bits per heavy atom. The number of nitro benzene ring substituents is 1. The summed E-state index contributed by atoms with van der Waals surface area (Å²) in [5.74, 6) is 0.547. The number of nitro groups is 1. The molecule has 1 aromatic carbocycles. The molecule has 2 rings (SSSR count). The highest BCUT2D eigenvalue weighted by atomic mass is 16.6. The van der Waals surface area contributed by atoms with Crippen molar-refractivity contribution in [3.63, 3.8) is 0 Å². The molecule has 2 aromatic rings. The van der Waals surface area contributed by atoms with E-state index in [0.29, 0.717) is 11.4 Å². The molecular weight excluding hydrogens is 274 g/mol. The lowest BCUT2D eigenvalue weighted by Gasteiger charge is -2.14. The number of Topliss-reactive ketones (excluding diaryl/α,β-unsaturated/α-hetero) is 1. The number of ketones is 1. The van der Waals surface area contributed by atoms with Gasteiger partial charge in [-0.3, -0.25) is 14.9 Å². The Morgan fingerprint density at radius 1 is 1.29 bits per heavy atom. The van der Waals surface area contributed by atoms with Crippen molar-refractivity contribution in [3.05, 3.63) is 40.3 Å². The van der Waals surface area contributed by atoms with E-state index in [0.717, 1.165) is 0 Å². The third kappa shape index (κ3) is 3.50. The van der Waals surface area contributed by atoms with Crippen molar-refractivity contribution in [2.75, 3.05) is 0 Å². The van der Waals surface area contributed by atoms with Crippen LogP contribution in [0.5, 0.6) is 0 Å². The van der Waals surface area contributed by atoms with Crippen molar-refractivity contribution in [3.8, 4) is 11.4 Å². The van der Waals surface area contributed by atoms with Crippen LogP contribution in [0.4, 0.5) is 5.69 Å². The molecule has 0 saturated carbocycles. The van der Waals surface area contributed by atoms with Gasteiger partial charge in [0.05, 0.1) is 11.3 Å². The van der Waals surface area contributed by atoms with Crippen LogP contribution < -0.4 is 0 Å². The molecule has 0 bridgehead atoms. The lowest BCUT2D eigenvalue weighted by Crippen LogP contribution is -2.22. The minimum Gasteiger partial charge on any atom is -0.339 e. The second kappa shape index (κ2) is 5.43. The van der Waals surface area contributed by atoms with Gasteiger partial charge in [0.15, 0.2) is 0 Å². The van der Waals surface area contributed by atoms with Crippen LogP contribution in [0.15, 0.2) is 28.8 Å². The van der Waals surface area contributed by atoms with Crippen molar-refractivity contribution < 1.29 is 14.2 Å². The number of hydrogen-bond acceptors (Lipinski definition) is 6. The first-order valence-electron chi connectivity index (χ1n) is 6.38. The maximum atomic E-state index is 11.9. The van der Waals surface area contributed by atoms with Gasteiger partial charge in [-0.1, -0.05) is 25.9 Å². The largest absolute Gasteiger partial charge is 0.339 e. The molecule has 0 fully saturated rings. The third-order valence-corrected chi connectivity index (χ3v) is 2.95. The number of rotatable bonds is 4. The standard InChI is InChI=1S/C14H15N3O4/c1-14(2,3)11(18)8-12-15-13(16-21-12)9-4-6-10(7-5-9)17(19)20/h4-7H,8H2,1-3H3. The van der Waals surface area contributed by atoms with Gasteiger partial charge in [0.1, 0.15) is 5.78 Å². The first-order chi connectivity index (χ1) is 9.77. The number of carbonyl (C=O) groups is 1. The van der Waals surface area contributed by atoms with E-state index in [4.69, 9.17) is 4.52 Å². The van der Waals surface area contributed by atoms with Crippen molar-refractivity contribution in [2.24, 2.45) is 5.41 Å². The summed E-state index contributed by atoms with van der Waals surface area (Å²) < 4.78 is 5.05. The van der Waals surface area contributed by atoms with Crippen LogP contribution in [0.2, 0.25) is 0 Å². The lowest BCUT2D eigenvalue weighted by molar-refractivity contribution is -0.384. The fourth-order valence-electron chi connectivity index (χ4n) is 1.58. The summed E-state index contributed by atoms with van der Waals surface area (Å²) in [4.78, 5) is 26.1. The van der Waals surface area contributed by atoms with Crippen LogP contribution in [-0.4, -0.2) is 20.8 Å². The first-order valence-corrected chi connectivity index (χ1v) is 6.38. The lowest BCUT2D eigenvalue weighted by atomic mass is 9.89. The van der Waals surface area contributed by atoms with Gasteiger partial charge in [0.2, 0.25) is 11.7 Å². The molecule has 0 aliphatic carbocycles. The highest BCUT2D eigenvalue weighted by Gasteiger charge is 2.24. The zero-order chi connectivity index (χ0) is 15.6. The Hall–Kier alpha value is -2.57. The molecule has 7 heteroatoms. The van der Waals surface area contributed by atoms with Crippen LogP contribution in [0.25, 0.3) is 11.4 Å². The molecule has 0 unspecified atom stereocenters. The average molecular weight is 289 g/mol. The number of benzene rings is 1. The summed E-state index contributed by atoms with van der Waals surface area (Å²) in [6, 6.07) is 5.81. The zero-order valence-electron chi connectivity index (χ0n) is 12.0. The summed E-state index contributed by atoms with van der Waals surface area (Å²) in [6.45, 7) is 5.47. The van der Waals surface area contributed by atoms with Gasteiger partial charge in [0, 0.05) is 23.1 Å². The normalized spacial score (nSPS) is 11.4. The molecule has 21 heavy (non-hydrogen) atoms. The van der Waals surface area contributed by atoms with Crippen LogP contribution in [0.3, 0.4) is 0 Å². The van der Waals surface area contributed by atoms with E-state index < -0.39 is 10.3 Å². The highest BCUT2D eigenvalue weighted by molar-refractivity contribution is 5.85. The van der Waals surface area contributed by atoms with Crippen LogP contribution in [0, 0.1) is 15.5 Å². The average Bonchev–Trinajstić information content (AvgIpc) is 2.86. The monoisotopic (exact) mass is 289 g/mol. The maximum absolute atomic E-state index is 11.9. The van der Waals surface area contributed by atoms with Crippen molar-refractivity contribution in [1.82, 2.24) is 10.1 Å². The Morgan fingerprint density at radius 2 is 1.90 bits per heavy atom. The van der Waals surface area contributed by atoms with Gasteiger partial charge in [-0.15, -0.1) is 0 Å². The molecule has 1 heterocycles. The van der Waals surface area contributed by atoms with Gasteiger partial charge in [-0.25, -0.2) is 0 Å².